The van der Waals surface area contributed by atoms with E-state index in [-0.39, 0.29) is 0 Å². The maximum atomic E-state index is 5.98. The van der Waals surface area contributed by atoms with E-state index in [2.05, 4.69) is 5.32 Å². The van der Waals surface area contributed by atoms with Crippen LogP contribution in [0.5, 0.6) is 0 Å². The lowest BCUT2D eigenvalue weighted by atomic mass is 10.2. The van der Waals surface area contributed by atoms with Gasteiger partial charge in [-0.15, -0.1) is 11.6 Å². The lowest BCUT2D eigenvalue weighted by molar-refractivity contribution is 1.38. The van der Waals surface area contributed by atoms with Gasteiger partial charge in [0.25, 0.3) is 0 Å². The third-order valence-corrected chi connectivity index (χ3v) is 2.48. The molecule has 0 unspecified atom stereocenters. The van der Waals surface area contributed by atoms with Gasteiger partial charge in [0.15, 0.2) is 0 Å². The van der Waals surface area contributed by atoms with Gasteiger partial charge in [-0.1, -0.05) is 23.2 Å². The molecule has 0 saturated heterocycles. The summed E-state index contributed by atoms with van der Waals surface area (Å²) >= 11 is 17.5. The molecule has 0 heterocycles. The molecule has 0 atom stereocenters. The summed E-state index contributed by atoms with van der Waals surface area (Å²) in [7, 11) is 1.79. The van der Waals surface area contributed by atoms with Crippen LogP contribution >= 0.6 is 34.8 Å². The highest BCUT2D eigenvalue weighted by atomic mass is 35.5. The fourth-order valence-electron chi connectivity index (χ4n) is 0.925. The fourth-order valence-corrected chi connectivity index (χ4v) is 1.72. The Balaban J connectivity index is 3.22. The number of alkyl halides is 1. The van der Waals surface area contributed by atoms with Gasteiger partial charge in [0.05, 0.1) is 10.7 Å². The molecule has 1 N–H and O–H groups in total. The molecular formula is C8H8Cl3N. The van der Waals surface area contributed by atoms with E-state index in [1.54, 1.807) is 19.2 Å². The number of hydrogen-bond acceptors (Lipinski definition) is 1. The first-order chi connectivity index (χ1) is 5.69. The molecule has 0 amide bonds. The third-order valence-electron chi connectivity index (χ3n) is 1.53. The zero-order chi connectivity index (χ0) is 9.14. The highest BCUT2D eigenvalue weighted by Crippen LogP contribution is 2.30. The molecule has 0 spiro atoms. The molecule has 4 heteroatoms. The Morgan fingerprint density at radius 3 is 2.50 bits per heavy atom. The molecule has 0 saturated carbocycles. The molecule has 0 aromatic heterocycles. The predicted molar refractivity (Wildman–Crippen MR) is 55.6 cm³/mol. The molecule has 1 aromatic carbocycles. The van der Waals surface area contributed by atoms with Crippen LogP contribution in [0.15, 0.2) is 12.1 Å². The monoisotopic (exact) mass is 223 g/mol. The zero-order valence-electron chi connectivity index (χ0n) is 6.50. The Hall–Kier alpha value is -0.110. The highest BCUT2D eigenvalue weighted by molar-refractivity contribution is 6.36. The average molecular weight is 225 g/mol. The van der Waals surface area contributed by atoms with Crippen molar-refractivity contribution in [1.82, 2.24) is 0 Å². The largest absolute Gasteiger partial charge is 0.387 e. The van der Waals surface area contributed by atoms with E-state index in [0.717, 1.165) is 11.3 Å². The number of benzene rings is 1. The SMILES string of the molecule is CNc1cc(Cl)cc(CCl)c1Cl. The number of nitrogens with one attached hydrogen (secondary N) is 1. The van der Waals surface area contributed by atoms with E-state index < -0.39 is 0 Å². The summed E-state index contributed by atoms with van der Waals surface area (Å²) in [5, 5.41) is 4.21. The second-order valence-corrected chi connectivity index (χ2v) is 3.39. The van der Waals surface area contributed by atoms with Crippen molar-refractivity contribution in [2.45, 2.75) is 5.88 Å². The van der Waals surface area contributed by atoms with Crippen LogP contribution in [-0.2, 0) is 5.88 Å². The molecule has 1 nitrogen and oxygen atoms in total. The molecular weight excluding hydrogens is 216 g/mol. The van der Waals surface area contributed by atoms with E-state index in [4.69, 9.17) is 34.8 Å². The van der Waals surface area contributed by atoms with Crippen LogP contribution in [0.1, 0.15) is 5.56 Å². The van der Waals surface area contributed by atoms with Crippen molar-refractivity contribution in [3.63, 3.8) is 0 Å². The minimum Gasteiger partial charge on any atom is -0.387 e. The van der Waals surface area contributed by atoms with Crippen LogP contribution in [0.25, 0.3) is 0 Å². The number of halogens is 3. The Labute approximate surface area is 86.6 Å². The van der Waals surface area contributed by atoms with Crippen LogP contribution in [-0.4, -0.2) is 7.05 Å². The molecule has 0 aliphatic heterocycles. The smallest absolute Gasteiger partial charge is 0.0682 e. The molecule has 1 rings (SSSR count). The molecule has 0 aliphatic carbocycles. The molecule has 1 aromatic rings. The lowest BCUT2D eigenvalue weighted by Gasteiger charge is -2.07. The van der Waals surface area contributed by atoms with E-state index >= 15 is 0 Å². The van der Waals surface area contributed by atoms with Crippen molar-refractivity contribution < 1.29 is 0 Å². The van der Waals surface area contributed by atoms with Crippen molar-refractivity contribution in [3.05, 3.63) is 27.7 Å². The van der Waals surface area contributed by atoms with Gasteiger partial charge >= 0.3 is 0 Å². The van der Waals surface area contributed by atoms with Crippen LogP contribution in [0.4, 0.5) is 5.69 Å². The summed E-state index contributed by atoms with van der Waals surface area (Å²) in [5.41, 5.74) is 1.65. The van der Waals surface area contributed by atoms with Gasteiger partial charge in [0.2, 0.25) is 0 Å². The molecule has 0 radical (unpaired) electrons. The summed E-state index contributed by atoms with van der Waals surface area (Å²) in [6.45, 7) is 0. The van der Waals surface area contributed by atoms with Crippen molar-refractivity contribution in [2.24, 2.45) is 0 Å². The Morgan fingerprint density at radius 1 is 1.33 bits per heavy atom. The number of hydrogen-bond donors (Lipinski definition) is 1. The van der Waals surface area contributed by atoms with E-state index in [0.29, 0.717) is 15.9 Å². The topological polar surface area (TPSA) is 12.0 Å². The fraction of sp³-hybridized carbons (Fsp3) is 0.250. The predicted octanol–water partition coefficient (Wildman–Crippen LogP) is 3.77. The molecule has 66 valence electrons. The summed E-state index contributed by atoms with van der Waals surface area (Å²) in [5.74, 6) is 0.369. The average Bonchev–Trinajstić information content (AvgIpc) is 2.08. The summed E-state index contributed by atoms with van der Waals surface area (Å²) < 4.78 is 0. The second-order valence-electron chi connectivity index (χ2n) is 2.31. The minimum atomic E-state index is 0.369. The van der Waals surface area contributed by atoms with Gasteiger partial charge in [0, 0.05) is 18.0 Å². The van der Waals surface area contributed by atoms with Gasteiger partial charge in [-0.3, -0.25) is 0 Å². The van der Waals surface area contributed by atoms with Gasteiger partial charge in [0.1, 0.15) is 0 Å². The van der Waals surface area contributed by atoms with E-state index in [1.807, 2.05) is 0 Å². The van der Waals surface area contributed by atoms with Crippen molar-refractivity contribution in [1.29, 1.82) is 0 Å². The summed E-state index contributed by atoms with van der Waals surface area (Å²) in [6, 6.07) is 3.53. The number of anilines is 1. The normalized spacial score (nSPS) is 10.0. The standard InChI is InChI=1S/C8H8Cl3N/c1-12-7-3-6(10)2-5(4-9)8(7)11/h2-3,12H,4H2,1H3. The maximum absolute atomic E-state index is 5.98. The molecule has 0 aliphatic rings. The van der Waals surface area contributed by atoms with Gasteiger partial charge < -0.3 is 5.32 Å². The molecule has 0 bridgehead atoms. The first-order valence-corrected chi connectivity index (χ1v) is 4.69. The Kier molecular flexibility index (Phi) is 3.51. The van der Waals surface area contributed by atoms with Crippen molar-refractivity contribution in [3.8, 4) is 0 Å². The van der Waals surface area contributed by atoms with Crippen LogP contribution in [0.3, 0.4) is 0 Å². The Morgan fingerprint density at radius 2 is 2.00 bits per heavy atom. The van der Waals surface area contributed by atoms with Crippen LogP contribution in [0, 0.1) is 0 Å². The second kappa shape index (κ2) is 4.22. The van der Waals surface area contributed by atoms with E-state index in [1.165, 1.54) is 0 Å². The first-order valence-electron chi connectivity index (χ1n) is 3.40. The summed E-state index contributed by atoms with van der Waals surface area (Å²) in [6.07, 6.45) is 0. The maximum Gasteiger partial charge on any atom is 0.0682 e. The van der Waals surface area contributed by atoms with Crippen LogP contribution < -0.4 is 5.32 Å². The number of rotatable bonds is 2. The Bertz CT molecular complexity index is 261. The third kappa shape index (κ3) is 1.98. The molecule has 12 heavy (non-hydrogen) atoms. The zero-order valence-corrected chi connectivity index (χ0v) is 8.76. The van der Waals surface area contributed by atoms with Crippen molar-refractivity contribution in [2.75, 3.05) is 12.4 Å². The van der Waals surface area contributed by atoms with E-state index in [9.17, 15) is 0 Å². The quantitative estimate of drug-likeness (QED) is 0.754. The van der Waals surface area contributed by atoms with Gasteiger partial charge in [-0.25, -0.2) is 0 Å². The van der Waals surface area contributed by atoms with Crippen molar-refractivity contribution >= 4 is 40.5 Å². The van der Waals surface area contributed by atoms with Crippen LogP contribution in [0.2, 0.25) is 10.0 Å². The van der Waals surface area contributed by atoms with Gasteiger partial charge in [-0.05, 0) is 17.7 Å². The lowest BCUT2D eigenvalue weighted by Crippen LogP contribution is -1.92. The molecule has 0 fully saturated rings. The summed E-state index contributed by atoms with van der Waals surface area (Å²) in [4.78, 5) is 0. The van der Waals surface area contributed by atoms with Gasteiger partial charge in [-0.2, -0.15) is 0 Å². The minimum absolute atomic E-state index is 0.369. The first kappa shape index (κ1) is 9.97. The highest BCUT2D eigenvalue weighted by Gasteiger charge is 2.05.